The third kappa shape index (κ3) is 2.92. The molecule has 0 saturated carbocycles. The van der Waals surface area contributed by atoms with Crippen molar-refractivity contribution in [2.45, 2.75) is 5.54 Å². The van der Waals surface area contributed by atoms with Gasteiger partial charge in [-0.3, -0.25) is 9.69 Å². The van der Waals surface area contributed by atoms with E-state index in [-0.39, 0.29) is 18.0 Å². The lowest BCUT2D eigenvalue weighted by Gasteiger charge is -2.26. The third-order valence-electron chi connectivity index (χ3n) is 3.68. The number of nitrogens with zero attached hydrogens (tertiary/aromatic N) is 3. The highest BCUT2D eigenvalue weighted by molar-refractivity contribution is 7.10. The number of carbonyl (C=O) groups excluding carboxylic acids is 2. The molecule has 9 nitrogen and oxygen atoms in total. The van der Waals surface area contributed by atoms with E-state index in [1.807, 2.05) is 0 Å². The first-order chi connectivity index (χ1) is 11.9. The van der Waals surface area contributed by atoms with E-state index in [2.05, 4.69) is 5.10 Å². The third-order valence-corrected chi connectivity index (χ3v) is 4.69. The maximum Gasteiger partial charge on any atom is 0.347 e. The lowest BCUT2D eigenvalue weighted by Crippen LogP contribution is -2.58. The van der Waals surface area contributed by atoms with E-state index in [0.717, 1.165) is 21.2 Å². The molecule has 0 bridgehead atoms. The molecule has 0 spiro atoms. The average molecular weight is 362 g/mol. The number of carboxylic acids is 1. The summed E-state index contributed by atoms with van der Waals surface area (Å²) in [6, 6.07) is 5.62. The number of rotatable bonds is 5. The van der Waals surface area contributed by atoms with E-state index < -0.39 is 23.4 Å². The summed E-state index contributed by atoms with van der Waals surface area (Å²) >= 11 is 1.04. The Kier molecular flexibility index (Phi) is 4.38. The number of furan rings is 1. The molecule has 1 unspecified atom stereocenters. The number of nitrogens with two attached hydrogens (primary N) is 1. The van der Waals surface area contributed by atoms with Gasteiger partial charge in [-0.2, -0.15) is 5.10 Å². The number of aliphatic carboxylic acids is 1. The summed E-state index contributed by atoms with van der Waals surface area (Å²) in [5, 5.41) is 16.1. The summed E-state index contributed by atoms with van der Waals surface area (Å²) in [6.45, 7) is 0.118. The Morgan fingerprint density at radius 1 is 1.36 bits per heavy atom. The zero-order chi connectivity index (χ0) is 18.0. The Balaban J connectivity index is 1.81. The summed E-state index contributed by atoms with van der Waals surface area (Å²) in [5.74, 6) is -2.08. The topological polar surface area (TPSA) is 129 Å². The highest BCUT2D eigenvalue weighted by atomic mass is 32.1. The van der Waals surface area contributed by atoms with Crippen LogP contribution in [0.3, 0.4) is 0 Å². The van der Waals surface area contributed by atoms with Crippen LogP contribution in [-0.2, 0) is 15.1 Å². The van der Waals surface area contributed by atoms with Gasteiger partial charge in [0.05, 0.1) is 25.6 Å². The van der Waals surface area contributed by atoms with Crippen LogP contribution in [0, 0.1) is 0 Å². The second-order valence-electron chi connectivity index (χ2n) is 5.21. The highest BCUT2D eigenvalue weighted by Gasteiger charge is 2.51. The largest absolute Gasteiger partial charge is 0.479 e. The number of hydrogen-bond acceptors (Lipinski definition) is 7. The van der Waals surface area contributed by atoms with Gasteiger partial charge in [0.2, 0.25) is 5.54 Å². The van der Waals surface area contributed by atoms with Gasteiger partial charge in [0.25, 0.3) is 5.91 Å². The molecule has 1 aliphatic heterocycles. The number of carboxylic acid groups (broad SMARTS) is 1. The SMILES string of the molecule is NC(C(=O)O)(C(=O)N1CCN(N=Cc2ccco2)C1=O)c1cccs1. The van der Waals surface area contributed by atoms with Gasteiger partial charge in [-0.05, 0) is 23.6 Å². The summed E-state index contributed by atoms with van der Waals surface area (Å²) in [5.41, 5.74) is 3.57. The Morgan fingerprint density at radius 2 is 2.16 bits per heavy atom. The molecule has 1 atom stereocenters. The van der Waals surface area contributed by atoms with Gasteiger partial charge in [-0.15, -0.1) is 11.3 Å². The van der Waals surface area contributed by atoms with Crippen molar-refractivity contribution in [3.05, 3.63) is 46.5 Å². The van der Waals surface area contributed by atoms with Gasteiger partial charge in [-0.1, -0.05) is 6.07 Å². The van der Waals surface area contributed by atoms with Gasteiger partial charge in [-0.25, -0.2) is 14.6 Å². The van der Waals surface area contributed by atoms with E-state index in [4.69, 9.17) is 10.2 Å². The summed E-state index contributed by atoms with van der Waals surface area (Å²) < 4.78 is 5.07. The van der Waals surface area contributed by atoms with Crippen molar-refractivity contribution in [1.29, 1.82) is 0 Å². The van der Waals surface area contributed by atoms with Crippen molar-refractivity contribution >= 4 is 35.5 Å². The second-order valence-corrected chi connectivity index (χ2v) is 6.16. The molecule has 0 aromatic carbocycles. The molecule has 10 heteroatoms. The van der Waals surface area contributed by atoms with Crippen LogP contribution in [0.1, 0.15) is 10.6 Å². The molecular formula is C15H14N4O5S. The number of imide groups is 1. The zero-order valence-electron chi connectivity index (χ0n) is 12.9. The van der Waals surface area contributed by atoms with Gasteiger partial charge in [0, 0.05) is 4.88 Å². The summed E-state index contributed by atoms with van der Waals surface area (Å²) in [7, 11) is 0. The number of carbonyl (C=O) groups is 3. The fourth-order valence-corrected chi connectivity index (χ4v) is 3.15. The van der Waals surface area contributed by atoms with Crippen molar-refractivity contribution in [3.8, 4) is 0 Å². The molecule has 3 rings (SSSR count). The predicted molar refractivity (Wildman–Crippen MR) is 87.9 cm³/mol. The highest BCUT2D eigenvalue weighted by Crippen LogP contribution is 2.27. The minimum absolute atomic E-state index is 0.00916. The number of urea groups is 1. The molecule has 25 heavy (non-hydrogen) atoms. The summed E-state index contributed by atoms with van der Waals surface area (Å²) in [6.07, 6.45) is 2.79. The lowest BCUT2D eigenvalue weighted by molar-refractivity contribution is -0.152. The Labute approximate surface area is 145 Å². The Bertz CT molecular complexity index is 817. The summed E-state index contributed by atoms with van der Waals surface area (Å²) in [4.78, 5) is 37.7. The fraction of sp³-hybridized carbons (Fsp3) is 0.200. The first-order valence-corrected chi connectivity index (χ1v) is 8.09. The van der Waals surface area contributed by atoms with Crippen LogP contribution in [0.4, 0.5) is 4.79 Å². The van der Waals surface area contributed by atoms with Gasteiger partial charge in [0.1, 0.15) is 5.76 Å². The number of hydrazone groups is 1. The Morgan fingerprint density at radius 3 is 2.76 bits per heavy atom. The minimum Gasteiger partial charge on any atom is -0.479 e. The monoisotopic (exact) mass is 362 g/mol. The van der Waals surface area contributed by atoms with E-state index in [1.165, 1.54) is 18.5 Å². The second kappa shape index (κ2) is 6.49. The number of hydrogen-bond donors (Lipinski definition) is 2. The molecular weight excluding hydrogens is 348 g/mol. The van der Waals surface area contributed by atoms with Gasteiger partial charge < -0.3 is 15.3 Å². The molecule has 130 valence electrons. The van der Waals surface area contributed by atoms with E-state index in [9.17, 15) is 19.5 Å². The van der Waals surface area contributed by atoms with Crippen molar-refractivity contribution < 1.29 is 23.9 Å². The number of amides is 3. The quantitative estimate of drug-likeness (QED) is 0.600. The van der Waals surface area contributed by atoms with Crippen LogP contribution in [-0.4, -0.2) is 52.2 Å². The van der Waals surface area contributed by atoms with Crippen LogP contribution in [0.25, 0.3) is 0 Å². The van der Waals surface area contributed by atoms with Gasteiger partial charge >= 0.3 is 12.0 Å². The molecule has 1 aliphatic rings. The zero-order valence-corrected chi connectivity index (χ0v) is 13.7. The minimum atomic E-state index is -2.31. The average Bonchev–Trinajstić information content (AvgIpc) is 3.33. The molecule has 0 aliphatic carbocycles. The smallest absolute Gasteiger partial charge is 0.347 e. The molecule has 0 radical (unpaired) electrons. The predicted octanol–water partition coefficient (Wildman–Crippen LogP) is 0.878. The lowest BCUT2D eigenvalue weighted by atomic mass is 9.97. The van der Waals surface area contributed by atoms with Crippen molar-refractivity contribution in [2.24, 2.45) is 10.8 Å². The molecule has 1 saturated heterocycles. The molecule has 1 fully saturated rings. The molecule has 2 aromatic rings. The number of thiophene rings is 1. The van der Waals surface area contributed by atoms with Crippen molar-refractivity contribution in [3.63, 3.8) is 0 Å². The van der Waals surface area contributed by atoms with E-state index in [0.29, 0.717) is 5.76 Å². The normalized spacial score (nSPS) is 17.2. The van der Waals surface area contributed by atoms with Crippen molar-refractivity contribution in [1.82, 2.24) is 9.91 Å². The van der Waals surface area contributed by atoms with Crippen LogP contribution < -0.4 is 5.73 Å². The van der Waals surface area contributed by atoms with Crippen LogP contribution >= 0.6 is 11.3 Å². The Hall–Kier alpha value is -2.98. The fourth-order valence-electron chi connectivity index (χ4n) is 2.33. The molecule has 3 N–H and O–H groups in total. The van der Waals surface area contributed by atoms with Crippen molar-refractivity contribution in [2.75, 3.05) is 13.1 Å². The first-order valence-electron chi connectivity index (χ1n) is 7.22. The van der Waals surface area contributed by atoms with Crippen LogP contribution in [0.5, 0.6) is 0 Å². The van der Waals surface area contributed by atoms with E-state index >= 15 is 0 Å². The first kappa shape index (κ1) is 16.9. The maximum atomic E-state index is 12.7. The molecule has 3 heterocycles. The van der Waals surface area contributed by atoms with Gasteiger partial charge in [0.15, 0.2) is 0 Å². The van der Waals surface area contributed by atoms with E-state index in [1.54, 1.807) is 23.6 Å². The molecule has 3 amide bonds. The molecule has 2 aromatic heterocycles. The van der Waals surface area contributed by atoms with Crippen LogP contribution in [0.2, 0.25) is 0 Å². The maximum absolute atomic E-state index is 12.7. The van der Waals surface area contributed by atoms with Crippen LogP contribution in [0.15, 0.2) is 45.4 Å². The standard InChI is InChI=1S/C15H14N4O5S/c16-15(13(21)22,11-4-2-8-25-11)12(20)18-5-6-19(14(18)23)17-9-10-3-1-7-24-10/h1-4,7-9H,5-6,16H2,(H,21,22).